The standard InChI is InChI=1S/C13H13FN2O3S/c14-5-11(13(18)19)16-12(17)8-20-7-10-3-1-9(6-15)2-4-10/h1-4,11H,5,7-8H2,(H,16,17)(H,18,19). The number of carbonyl (C=O) groups is 2. The maximum atomic E-state index is 12.3. The molecule has 0 aliphatic heterocycles. The Morgan fingerprint density at radius 1 is 1.40 bits per heavy atom. The zero-order chi connectivity index (χ0) is 15.0. The highest BCUT2D eigenvalue weighted by atomic mass is 32.2. The summed E-state index contributed by atoms with van der Waals surface area (Å²) in [6.45, 7) is -1.14. The minimum Gasteiger partial charge on any atom is -0.480 e. The highest BCUT2D eigenvalue weighted by Gasteiger charge is 2.19. The predicted octanol–water partition coefficient (Wildman–Crippen LogP) is 1.33. The van der Waals surface area contributed by atoms with Crippen molar-refractivity contribution in [2.75, 3.05) is 12.4 Å². The number of aliphatic carboxylic acids is 1. The minimum absolute atomic E-state index is 0.0454. The van der Waals surface area contributed by atoms with E-state index in [0.717, 1.165) is 5.56 Å². The van der Waals surface area contributed by atoms with Gasteiger partial charge in [-0.15, -0.1) is 11.8 Å². The number of carbonyl (C=O) groups excluding carboxylic acids is 1. The third-order valence-corrected chi connectivity index (χ3v) is 3.38. The van der Waals surface area contributed by atoms with Crippen molar-refractivity contribution in [3.05, 3.63) is 35.4 Å². The largest absolute Gasteiger partial charge is 0.480 e. The van der Waals surface area contributed by atoms with E-state index in [4.69, 9.17) is 10.4 Å². The van der Waals surface area contributed by atoms with Crippen LogP contribution in [0, 0.1) is 11.3 Å². The molecule has 7 heteroatoms. The van der Waals surface area contributed by atoms with Crippen molar-refractivity contribution in [3.63, 3.8) is 0 Å². The van der Waals surface area contributed by atoms with Gasteiger partial charge in [-0.3, -0.25) is 4.79 Å². The van der Waals surface area contributed by atoms with Crippen molar-refractivity contribution in [1.29, 1.82) is 5.26 Å². The lowest BCUT2D eigenvalue weighted by Crippen LogP contribution is -2.43. The number of halogens is 1. The molecule has 1 unspecified atom stereocenters. The summed E-state index contributed by atoms with van der Waals surface area (Å²) in [7, 11) is 0. The number of nitrogens with zero attached hydrogens (tertiary/aromatic N) is 1. The monoisotopic (exact) mass is 296 g/mol. The zero-order valence-electron chi connectivity index (χ0n) is 10.5. The molecule has 5 nitrogen and oxygen atoms in total. The van der Waals surface area contributed by atoms with E-state index in [0.29, 0.717) is 11.3 Å². The first kappa shape index (κ1) is 16.0. The number of amides is 1. The number of rotatable bonds is 7. The number of alkyl halides is 1. The van der Waals surface area contributed by atoms with Crippen LogP contribution in [0.1, 0.15) is 11.1 Å². The van der Waals surface area contributed by atoms with Crippen molar-refractivity contribution in [2.45, 2.75) is 11.8 Å². The first-order valence-corrected chi connectivity index (χ1v) is 6.87. The molecule has 1 rings (SSSR count). The molecular formula is C13H13FN2O3S. The van der Waals surface area contributed by atoms with Gasteiger partial charge < -0.3 is 10.4 Å². The maximum absolute atomic E-state index is 12.3. The molecule has 0 saturated heterocycles. The number of carboxylic acid groups (broad SMARTS) is 1. The van der Waals surface area contributed by atoms with Crippen molar-refractivity contribution in [1.82, 2.24) is 5.32 Å². The number of nitrogens with one attached hydrogen (secondary N) is 1. The van der Waals surface area contributed by atoms with Crippen LogP contribution in [0.15, 0.2) is 24.3 Å². The van der Waals surface area contributed by atoms with Gasteiger partial charge in [0.2, 0.25) is 5.91 Å². The van der Waals surface area contributed by atoms with Crippen LogP contribution in [0.3, 0.4) is 0 Å². The lowest BCUT2D eigenvalue weighted by molar-refractivity contribution is -0.141. The molecule has 0 saturated carbocycles. The summed E-state index contributed by atoms with van der Waals surface area (Å²) >= 11 is 1.28. The molecule has 0 fully saturated rings. The summed E-state index contributed by atoms with van der Waals surface area (Å²) in [4.78, 5) is 21.9. The van der Waals surface area contributed by atoms with Gasteiger partial charge in [-0.1, -0.05) is 12.1 Å². The highest BCUT2D eigenvalue weighted by Crippen LogP contribution is 2.12. The molecule has 1 aromatic carbocycles. The fourth-order valence-electron chi connectivity index (χ4n) is 1.34. The molecule has 0 aliphatic carbocycles. The average Bonchev–Trinajstić information content (AvgIpc) is 2.45. The van der Waals surface area contributed by atoms with Crippen LogP contribution in [0.5, 0.6) is 0 Å². The van der Waals surface area contributed by atoms with E-state index in [1.54, 1.807) is 24.3 Å². The summed E-state index contributed by atoms with van der Waals surface area (Å²) in [6, 6.07) is 7.44. The Labute approximate surface area is 119 Å². The maximum Gasteiger partial charge on any atom is 0.328 e. The first-order valence-electron chi connectivity index (χ1n) is 5.71. The number of nitriles is 1. The molecule has 1 atom stereocenters. The lowest BCUT2D eigenvalue weighted by Gasteiger charge is -2.10. The second kappa shape index (κ2) is 8.17. The van der Waals surface area contributed by atoms with Crippen molar-refractivity contribution in [3.8, 4) is 6.07 Å². The Balaban J connectivity index is 2.34. The molecule has 20 heavy (non-hydrogen) atoms. The smallest absolute Gasteiger partial charge is 0.328 e. The van der Waals surface area contributed by atoms with E-state index in [9.17, 15) is 14.0 Å². The fraction of sp³-hybridized carbons (Fsp3) is 0.308. The SMILES string of the molecule is N#Cc1ccc(CSCC(=O)NC(CF)C(=O)O)cc1. The minimum atomic E-state index is -1.49. The summed E-state index contributed by atoms with van der Waals surface area (Å²) in [5.41, 5.74) is 1.51. The van der Waals surface area contributed by atoms with Gasteiger partial charge in [0.15, 0.2) is 6.04 Å². The van der Waals surface area contributed by atoms with Crippen LogP contribution in [0.2, 0.25) is 0 Å². The molecule has 106 valence electrons. The topological polar surface area (TPSA) is 90.2 Å². The molecule has 2 N–H and O–H groups in total. The molecule has 0 bridgehead atoms. The Hall–Kier alpha value is -2.07. The summed E-state index contributed by atoms with van der Waals surface area (Å²) < 4.78 is 12.3. The van der Waals surface area contributed by atoms with E-state index in [-0.39, 0.29) is 5.75 Å². The van der Waals surface area contributed by atoms with Crippen LogP contribution in [-0.2, 0) is 15.3 Å². The molecule has 0 heterocycles. The van der Waals surface area contributed by atoms with Gasteiger partial charge in [0.25, 0.3) is 0 Å². The van der Waals surface area contributed by atoms with E-state index in [2.05, 4.69) is 5.32 Å². The van der Waals surface area contributed by atoms with Crippen LogP contribution < -0.4 is 5.32 Å². The van der Waals surface area contributed by atoms with Crippen LogP contribution in [-0.4, -0.2) is 35.5 Å². The third-order valence-electron chi connectivity index (χ3n) is 2.37. The molecule has 0 aliphatic rings. The van der Waals surface area contributed by atoms with Crippen molar-refractivity contribution < 1.29 is 19.1 Å². The molecule has 0 spiro atoms. The van der Waals surface area contributed by atoms with Crippen LogP contribution in [0.4, 0.5) is 4.39 Å². The number of carboxylic acids is 1. The first-order chi connectivity index (χ1) is 9.56. The fourth-order valence-corrected chi connectivity index (χ4v) is 2.14. The number of benzene rings is 1. The lowest BCUT2D eigenvalue weighted by atomic mass is 10.2. The normalized spacial score (nSPS) is 11.4. The van der Waals surface area contributed by atoms with Gasteiger partial charge in [-0.2, -0.15) is 5.26 Å². The number of hydrogen-bond acceptors (Lipinski definition) is 4. The second-order valence-corrected chi connectivity index (χ2v) is 4.90. The Morgan fingerprint density at radius 3 is 2.55 bits per heavy atom. The average molecular weight is 296 g/mol. The summed E-state index contributed by atoms with van der Waals surface area (Å²) in [6.07, 6.45) is 0. The van der Waals surface area contributed by atoms with Crippen molar-refractivity contribution in [2.24, 2.45) is 0 Å². The Morgan fingerprint density at radius 2 is 2.05 bits per heavy atom. The quantitative estimate of drug-likeness (QED) is 0.792. The van der Waals surface area contributed by atoms with Gasteiger partial charge in [0.1, 0.15) is 6.67 Å². The molecule has 0 aromatic heterocycles. The van der Waals surface area contributed by atoms with Gasteiger partial charge in [-0.05, 0) is 17.7 Å². The molecular weight excluding hydrogens is 283 g/mol. The van der Waals surface area contributed by atoms with Gasteiger partial charge in [-0.25, -0.2) is 9.18 Å². The number of thioether (sulfide) groups is 1. The van der Waals surface area contributed by atoms with E-state index < -0.39 is 24.6 Å². The molecule has 1 amide bonds. The third kappa shape index (κ3) is 5.28. The van der Waals surface area contributed by atoms with Crippen molar-refractivity contribution >= 4 is 23.6 Å². The Bertz CT molecular complexity index is 513. The van der Waals surface area contributed by atoms with Crippen LogP contribution >= 0.6 is 11.8 Å². The second-order valence-electron chi connectivity index (χ2n) is 3.91. The van der Waals surface area contributed by atoms with Gasteiger partial charge in [0, 0.05) is 5.75 Å². The molecule has 0 radical (unpaired) electrons. The predicted molar refractivity (Wildman–Crippen MR) is 72.9 cm³/mol. The van der Waals surface area contributed by atoms with E-state index in [1.807, 2.05) is 6.07 Å². The van der Waals surface area contributed by atoms with E-state index >= 15 is 0 Å². The highest BCUT2D eigenvalue weighted by molar-refractivity contribution is 7.99. The van der Waals surface area contributed by atoms with Crippen LogP contribution in [0.25, 0.3) is 0 Å². The van der Waals surface area contributed by atoms with Gasteiger partial charge in [0.05, 0.1) is 17.4 Å². The Kier molecular flexibility index (Phi) is 6.53. The van der Waals surface area contributed by atoms with E-state index in [1.165, 1.54) is 11.8 Å². The number of hydrogen-bond donors (Lipinski definition) is 2. The summed E-state index contributed by atoms with van der Waals surface area (Å²) in [5, 5.41) is 19.3. The molecule has 1 aromatic rings. The summed E-state index contributed by atoms with van der Waals surface area (Å²) in [5.74, 6) is -1.32. The van der Waals surface area contributed by atoms with Gasteiger partial charge >= 0.3 is 5.97 Å². The zero-order valence-corrected chi connectivity index (χ0v) is 11.3.